The van der Waals surface area contributed by atoms with Crippen LogP contribution in [0.5, 0.6) is 0 Å². The molecule has 0 aliphatic heterocycles. The Kier molecular flexibility index (Phi) is 9.65. The van der Waals surface area contributed by atoms with Crippen molar-refractivity contribution in [2.45, 2.75) is 39.0 Å². The minimum atomic E-state index is -0.347. The number of halogens is 1. The van der Waals surface area contributed by atoms with Crippen molar-refractivity contribution in [3.05, 3.63) is 0 Å². The summed E-state index contributed by atoms with van der Waals surface area (Å²) in [4.78, 5) is 10.9. The lowest BCUT2D eigenvalue weighted by molar-refractivity contribution is -0.133. The Morgan fingerprint density at radius 3 is 2.77 bits per heavy atom. The Bertz CT molecular complexity index is 131. The molecule has 0 aromatic carbocycles. The quantitative estimate of drug-likeness (QED) is 0.453. The van der Waals surface area contributed by atoms with Crippen molar-refractivity contribution in [1.82, 2.24) is 0 Å². The molecule has 0 saturated carbocycles. The first-order chi connectivity index (χ1) is 6.31. The SMILES string of the molecule is CCCCCC(=O)OSCCCF. The second-order valence-corrected chi connectivity index (χ2v) is 3.59. The molecule has 2 nitrogen and oxygen atoms in total. The summed E-state index contributed by atoms with van der Waals surface area (Å²) in [5.41, 5.74) is 0. The molecule has 0 amide bonds. The number of alkyl halides is 1. The van der Waals surface area contributed by atoms with E-state index in [2.05, 4.69) is 6.92 Å². The summed E-state index contributed by atoms with van der Waals surface area (Å²) in [6.07, 6.45) is 3.98. The number of unbranched alkanes of at least 4 members (excludes halogenated alkanes) is 2. The highest BCUT2D eigenvalue weighted by Gasteiger charge is 2.02. The smallest absolute Gasteiger partial charge is 0.317 e. The van der Waals surface area contributed by atoms with E-state index in [1.54, 1.807) is 0 Å². The normalized spacial score (nSPS) is 10.0. The predicted octanol–water partition coefficient (Wildman–Crippen LogP) is 3.12. The monoisotopic (exact) mass is 208 g/mol. The Balaban J connectivity index is 3.11. The minimum absolute atomic E-state index is 0.183. The van der Waals surface area contributed by atoms with Crippen molar-refractivity contribution < 1.29 is 13.4 Å². The van der Waals surface area contributed by atoms with Crippen LogP contribution >= 0.6 is 12.0 Å². The Hall–Kier alpha value is -0.250. The first-order valence-electron chi connectivity index (χ1n) is 4.69. The molecule has 0 N–H and O–H groups in total. The highest BCUT2D eigenvalue weighted by Crippen LogP contribution is 2.08. The predicted molar refractivity (Wildman–Crippen MR) is 53.3 cm³/mol. The molecule has 0 heterocycles. The molecule has 0 radical (unpaired) electrons. The maximum atomic E-state index is 11.6. The van der Waals surface area contributed by atoms with Crippen molar-refractivity contribution >= 4 is 18.0 Å². The van der Waals surface area contributed by atoms with Crippen LogP contribution in [0.1, 0.15) is 39.0 Å². The van der Waals surface area contributed by atoms with E-state index in [4.69, 9.17) is 4.18 Å². The first-order valence-corrected chi connectivity index (χ1v) is 5.60. The molecule has 0 bridgehead atoms. The standard InChI is InChI=1S/C9H17FO2S/c1-2-3-4-6-9(11)12-13-8-5-7-10/h2-8H2,1H3. The molecule has 4 heteroatoms. The van der Waals surface area contributed by atoms with Crippen molar-refractivity contribution in [3.63, 3.8) is 0 Å². The molecule has 0 atom stereocenters. The number of hydrogen-bond acceptors (Lipinski definition) is 3. The molecule has 0 fully saturated rings. The van der Waals surface area contributed by atoms with E-state index in [9.17, 15) is 9.18 Å². The van der Waals surface area contributed by atoms with E-state index in [-0.39, 0.29) is 12.6 Å². The van der Waals surface area contributed by atoms with Crippen molar-refractivity contribution in [1.29, 1.82) is 0 Å². The van der Waals surface area contributed by atoms with Gasteiger partial charge in [-0.25, -0.2) is 0 Å². The Labute approximate surface area is 83.4 Å². The average Bonchev–Trinajstić information content (AvgIpc) is 2.13. The van der Waals surface area contributed by atoms with E-state index >= 15 is 0 Å². The molecule has 0 aliphatic carbocycles. The van der Waals surface area contributed by atoms with E-state index in [0.717, 1.165) is 31.3 Å². The summed E-state index contributed by atoms with van der Waals surface area (Å²) < 4.78 is 16.4. The van der Waals surface area contributed by atoms with Gasteiger partial charge in [-0.15, -0.1) is 0 Å². The molecule has 0 aliphatic rings. The fourth-order valence-electron chi connectivity index (χ4n) is 0.782. The molecule has 0 aromatic rings. The van der Waals surface area contributed by atoms with Crippen LogP contribution in [-0.2, 0) is 8.98 Å². The van der Waals surface area contributed by atoms with E-state index in [0.29, 0.717) is 18.6 Å². The second kappa shape index (κ2) is 9.84. The van der Waals surface area contributed by atoms with Crippen LogP contribution in [0.4, 0.5) is 4.39 Å². The zero-order valence-corrected chi connectivity index (χ0v) is 8.87. The van der Waals surface area contributed by atoms with E-state index < -0.39 is 0 Å². The molecule has 0 aromatic heterocycles. The van der Waals surface area contributed by atoms with Gasteiger partial charge >= 0.3 is 5.97 Å². The van der Waals surface area contributed by atoms with Gasteiger partial charge in [-0.3, -0.25) is 9.18 Å². The third-order valence-electron chi connectivity index (χ3n) is 1.50. The van der Waals surface area contributed by atoms with Crippen molar-refractivity contribution in [2.75, 3.05) is 12.4 Å². The van der Waals surface area contributed by atoms with Crippen LogP contribution in [0.15, 0.2) is 0 Å². The maximum absolute atomic E-state index is 11.6. The third-order valence-corrected chi connectivity index (χ3v) is 2.26. The molecule has 0 rings (SSSR count). The third kappa shape index (κ3) is 9.67. The topological polar surface area (TPSA) is 26.3 Å². The van der Waals surface area contributed by atoms with Gasteiger partial charge in [-0.1, -0.05) is 19.8 Å². The second-order valence-electron chi connectivity index (χ2n) is 2.78. The van der Waals surface area contributed by atoms with Gasteiger partial charge in [0, 0.05) is 12.2 Å². The zero-order valence-electron chi connectivity index (χ0n) is 8.05. The van der Waals surface area contributed by atoms with Crippen LogP contribution in [0.3, 0.4) is 0 Å². The molecule has 13 heavy (non-hydrogen) atoms. The lowest BCUT2D eigenvalue weighted by Gasteiger charge is -2.00. The Morgan fingerprint density at radius 2 is 2.15 bits per heavy atom. The molecule has 0 unspecified atom stereocenters. The van der Waals surface area contributed by atoms with Crippen LogP contribution in [0.25, 0.3) is 0 Å². The Morgan fingerprint density at radius 1 is 1.38 bits per heavy atom. The fraction of sp³-hybridized carbons (Fsp3) is 0.889. The van der Waals surface area contributed by atoms with Crippen LogP contribution in [-0.4, -0.2) is 18.4 Å². The highest BCUT2D eigenvalue weighted by molar-refractivity contribution is 7.95. The summed E-state index contributed by atoms with van der Waals surface area (Å²) in [6.45, 7) is 1.74. The van der Waals surface area contributed by atoms with Gasteiger partial charge in [0.15, 0.2) is 0 Å². The minimum Gasteiger partial charge on any atom is -0.391 e. The summed E-state index contributed by atoms with van der Waals surface area (Å²) in [7, 11) is 0. The lowest BCUT2D eigenvalue weighted by atomic mass is 10.2. The first kappa shape index (κ1) is 12.8. The fourth-order valence-corrected chi connectivity index (χ4v) is 1.31. The summed E-state index contributed by atoms with van der Waals surface area (Å²) in [6, 6.07) is 0. The summed E-state index contributed by atoms with van der Waals surface area (Å²) in [5.74, 6) is 0.369. The molecular weight excluding hydrogens is 191 g/mol. The average molecular weight is 208 g/mol. The molecule has 0 spiro atoms. The van der Waals surface area contributed by atoms with Crippen LogP contribution < -0.4 is 0 Å². The van der Waals surface area contributed by atoms with Gasteiger partial charge in [-0.2, -0.15) is 0 Å². The lowest BCUT2D eigenvalue weighted by Crippen LogP contribution is -1.99. The van der Waals surface area contributed by atoms with Gasteiger partial charge in [0.2, 0.25) is 0 Å². The van der Waals surface area contributed by atoms with Gasteiger partial charge in [0.1, 0.15) is 0 Å². The van der Waals surface area contributed by atoms with Crippen LogP contribution in [0, 0.1) is 0 Å². The van der Waals surface area contributed by atoms with E-state index in [1.165, 1.54) is 0 Å². The molecule has 0 saturated heterocycles. The molecule has 78 valence electrons. The molecular formula is C9H17FO2S. The maximum Gasteiger partial charge on any atom is 0.317 e. The van der Waals surface area contributed by atoms with E-state index in [1.807, 2.05) is 0 Å². The van der Waals surface area contributed by atoms with Gasteiger partial charge in [-0.05, 0) is 12.8 Å². The number of carbonyl (C=O) groups is 1. The van der Waals surface area contributed by atoms with Gasteiger partial charge in [0.05, 0.1) is 18.7 Å². The zero-order chi connectivity index (χ0) is 9.94. The van der Waals surface area contributed by atoms with Crippen LogP contribution in [0.2, 0.25) is 0 Å². The summed E-state index contributed by atoms with van der Waals surface area (Å²) >= 11 is 1.05. The number of carbonyl (C=O) groups excluding carboxylic acids is 1. The number of hydrogen-bond donors (Lipinski definition) is 0. The van der Waals surface area contributed by atoms with Gasteiger partial charge in [0.25, 0.3) is 0 Å². The van der Waals surface area contributed by atoms with Gasteiger partial charge < -0.3 is 4.18 Å². The van der Waals surface area contributed by atoms with Crippen molar-refractivity contribution in [3.8, 4) is 0 Å². The largest absolute Gasteiger partial charge is 0.391 e. The highest BCUT2D eigenvalue weighted by atomic mass is 32.2. The summed E-state index contributed by atoms with van der Waals surface area (Å²) in [5, 5.41) is 0. The van der Waals surface area contributed by atoms with Crippen molar-refractivity contribution in [2.24, 2.45) is 0 Å². The number of rotatable bonds is 8.